The summed E-state index contributed by atoms with van der Waals surface area (Å²) in [6.45, 7) is 5.28. The maximum atomic E-state index is 13.0. The van der Waals surface area contributed by atoms with E-state index < -0.39 is 0 Å². The zero-order chi connectivity index (χ0) is 27.5. The van der Waals surface area contributed by atoms with E-state index in [1.54, 1.807) is 6.08 Å². The van der Waals surface area contributed by atoms with Crippen LogP contribution in [0, 0.1) is 5.82 Å². The third-order valence-electron chi connectivity index (χ3n) is 6.63. The summed E-state index contributed by atoms with van der Waals surface area (Å²) in [4.78, 5) is 12.2. The highest BCUT2D eigenvalue weighted by Crippen LogP contribution is 2.16. The van der Waals surface area contributed by atoms with Crippen molar-refractivity contribution in [2.24, 2.45) is 0 Å². The Bertz CT molecular complexity index is 1130. The fourth-order valence-electron chi connectivity index (χ4n) is 4.26. The number of ether oxygens (including phenoxy) is 2. The molecule has 3 aromatic carbocycles. The number of halogens is 1. The second kappa shape index (κ2) is 17.8. The minimum absolute atomic E-state index is 0.150. The Balaban J connectivity index is 1.13. The van der Waals surface area contributed by atoms with Crippen LogP contribution in [0.2, 0.25) is 0 Å². The number of hydrogen-bond donors (Lipinski definition) is 0. The lowest BCUT2D eigenvalue weighted by Gasteiger charge is -2.07. The summed E-state index contributed by atoms with van der Waals surface area (Å²) in [5.41, 5.74) is 2.50. The van der Waals surface area contributed by atoms with Crippen molar-refractivity contribution in [3.63, 3.8) is 0 Å². The summed E-state index contributed by atoms with van der Waals surface area (Å²) in [6.07, 6.45) is 17.5. The van der Waals surface area contributed by atoms with Gasteiger partial charge in [0.25, 0.3) is 0 Å². The molecule has 0 radical (unpaired) electrons. The van der Waals surface area contributed by atoms with Gasteiger partial charge in [0.2, 0.25) is 0 Å². The number of hydrogen-bond acceptors (Lipinski definition) is 3. The summed E-state index contributed by atoms with van der Waals surface area (Å²) in [6, 6.07) is 21.3. The molecule has 0 bridgehead atoms. The smallest absolute Gasteiger partial charge is 0.185 e. The molecule has 0 aliphatic heterocycles. The zero-order valence-electron chi connectivity index (χ0n) is 23.0. The van der Waals surface area contributed by atoms with Crippen LogP contribution in [0.15, 0.2) is 85.5 Å². The van der Waals surface area contributed by atoms with Crippen LogP contribution >= 0.6 is 0 Å². The Morgan fingerprint density at radius 1 is 0.615 bits per heavy atom. The Morgan fingerprint density at radius 2 is 1.05 bits per heavy atom. The molecule has 0 aromatic heterocycles. The molecule has 0 amide bonds. The highest BCUT2D eigenvalue weighted by atomic mass is 19.1. The molecule has 0 heterocycles. The lowest BCUT2D eigenvalue weighted by atomic mass is 10.1. The van der Waals surface area contributed by atoms with Crippen LogP contribution in [0.4, 0.5) is 4.39 Å². The third kappa shape index (κ3) is 12.2. The second-order valence-electron chi connectivity index (χ2n) is 9.78. The van der Waals surface area contributed by atoms with Gasteiger partial charge in [0, 0.05) is 5.56 Å². The SMILES string of the molecule is C=Cc1ccc(OCCCCCCCCCCCCOc2ccc(/C=C/C(=O)c3ccc(F)cc3)cc2)cc1. The quantitative estimate of drug-likeness (QED) is 0.0882. The van der Waals surface area contributed by atoms with Gasteiger partial charge < -0.3 is 9.47 Å². The van der Waals surface area contributed by atoms with Crippen molar-refractivity contribution in [1.29, 1.82) is 0 Å². The van der Waals surface area contributed by atoms with Crippen LogP contribution in [0.3, 0.4) is 0 Å². The fourth-order valence-corrected chi connectivity index (χ4v) is 4.26. The molecule has 0 spiro atoms. The summed E-state index contributed by atoms with van der Waals surface area (Å²) < 4.78 is 24.6. The second-order valence-corrected chi connectivity index (χ2v) is 9.78. The van der Waals surface area contributed by atoms with Crippen LogP contribution in [0.25, 0.3) is 12.2 Å². The Morgan fingerprint density at radius 3 is 1.51 bits per heavy atom. The van der Waals surface area contributed by atoms with Gasteiger partial charge in [0.05, 0.1) is 13.2 Å². The first kappa shape index (κ1) is 29.9. The highest BCUT2D eigenvalue weighted by Gasteiger charge is 2.02. The summed E-state index contributed by atoms with van der Waals surface area (Å²) in [7, 11) is 0. The zero-order valence-corrected chi connectivity index (χ0v) is 23.0. The van der Waals surface area contributed by atoms with E-state index >= 15 is 0 Å². The van der Waals surface area contributed by atoms with Crippen molar-refractivity contribution in [3.8, 4) is 11.5 Å². The van der Waals surface area contributed by atoms with Crippen molar-refractivity contribution >= 4 is 17.9 Å². The van der Waals surface area contributed by atoms with E-state index in [9.17, 15) is 9.18 Å². The molecule has 0 atom stereocenters. The molecule has 0 unspecified atom stereocenters. The molecular formula is C35H41FO3. The predicted octanol–water partition coefficient (Wildman–Crippen LogP) is 9.72. The number of ketones is 1. The molecule has 0 saturated heterocycles. The Kier molecular flexibility index (Phi) is 13.6. The minimum Gasteiger partial charge on any atom is -0.494 e. The molecule has 0 saturated carbocycles. The first-order chi connectivity index (χ1) is 19.1. The topological polar surface area (TPSA) is 35.5 Å². The van der Waals surface area contributed by atoms with Gasteiger partial charge in [-0.2, -0.15) is 0 Å². The molecule has 206 valence electrons. The molecule has 0 aliphatic rings. The van der Waals surface area contributed by atoms with Gasteiger partial charge in [0.15, 0.2) is 5.78 Å². The van der Waals surface area contributed by atoms with Crippen molar-refractivity contribution in [2.75, 3.05) is 13.2 Å². The Hall–Kier alpha value is -3.66. The summed E-state index contributed by atoms with van der Waals surface area (Å²) in [5, 5.41) is 0. The van der Waals surface area contributed by atoms with E-state index in [2.05, 4.69) is 6.58 Å². The molecule has 0 N–H and O–H groups in total. The average molecular weight is 529 g/mol. The highest BCUT2D eigenvalue weighted by molar-refractivity contribution is 6.06. The number of unbranched alkanes of at least 4 members (excludes halogenated alkanes) is 9. The van der Waals surface area contributed by atoms with E-state index in [1.807, 2.05) is 54.6 Å². The number of rotatable bonds is 19. The van der Waals surface area contributed by atoms with Gasteiger partial charge in [-0.25, -0.2) is 4.39 Å². The van der Waals surface area contributed by atoms with Crippen molar-refractivity contribution in [2.45, 2.75) is 64.2 Å². The van der Waals surface area contributed by atoms with E-state index in [0.717, 1.165) is 48.7 Å². The van der Waals surface area contributed by atoms with Crippen LogP contribution in [0.1, 0.15) is 85.7 Å². The molecule has 0 fully saturated rings. The number of carbonyl (C=O) groups excluding carboxylic acids is 1. The van der Waals surface area contributed by atoms with E-state index in [4.69, 9.17) is 9.47 Å². The summed E-state index contributed by atoms with van der Waals surface area (Å²) in [5.74, 6) is 1.28. The maximum absolute atomic E-state index is 13.0. The largest absolute Gasteiger partial charge is 0.494 e. The first-order valence-corrected chi connectivity index (χ1v) is 14.2. The van der Waals surface area contributed by atoms with Gasteiger partial charge >= 0.3 is 0 Å². The van der Waals surface area contributed by atoms with E-state index in [-0.39, 0.29) is 11.6 Å². The normalized spacial score (nSPS) is 11.0. The van der Waals surface area contributed by atoms with E-state index in [0.29, 0.717) is 5.56 Å². The molecule has 3 nitrogen and oxygen atoms in total. The minimum atomic E-state index is -0.349. The molecule has 3 rings (SSSR count). The van der Waals surface area contributed by atoms with Crippen LogP contribution < -0.4 is 9.47 Å². The van der Waals surface area contributed by atoms with Crippen molar-refractivity contribution < 1.29 is 18.7 Å². The third-order valence-corrected chi connectivity index (χ3v) is 6.63. The van der Waals surface area contributed by atoms with Crippen LogP contribution in [0.5, 0.6) is 11.5 Å². The molecule has 3 aromatic rings. The standard InChI is InChI=1S/C35H41FO3/c1-2-29-13-22-33(23-14-29)38-27-11-9-7-5-3-4-6-8-10-12-28-39-34-24-15-30(16-25-34)17-26-35(37)31-18-20-32(36)21-19-31/h2,13-26H,1,3-12,27-28H2/b26-17+. The molecule has 4 heteroatoms. The number of allylic oxidation sites excluding steroid dienone is 1. The van der Waals surface area contributed by atoms with Gasteiger partial charge in [-0.1, -0.05) is 94.4 Å². The van der Waals surface area contributed by atoms with E-state index in [1.165, 1.54) is 81.7 Å². The van der Waals surface area contributed by atoms with Crippen molar-refractivity contribution in [1.82, 2.24) is 0 Å². The monoisotopic (exact) mass is 528 g/mol. The fraction of sp³-hybridized carbons (Fsp3) is 0.343. The van der Waals surface area contributed by atoms with Crippen LogP contribution in [-0.2, 0) is 0 Å². The molecule has 0 aliphatic carbocycles. The Labute approximate surface area is 233 Å². The molecule has 39 heavy (non-hydrogen) atoms. The van der Waals surface area contributed by atoms with Crippen LogP contribution in [-0.4, -0.2) is 19.0 Å². The lowest BCUT2D eigenvalue weighted by Crippen LogP contribution is -1.97. The van der Waals surface area contributed by atoms with Gasteiger partial charge in [-0.3, -0.25) is 4.79 Å². The summed E-state index contributed by atoms with van der Waals surface area (Å²) >= 11 is 0. The molecular weight excluding hydrogens is 487 g/mol. The lowest BCUT2D eigenvalue weighted by molar-refractivity contribution is 0.104. The maximum Gasteiger partial charge on any atom is 0.185 e. The van der Waals surface area contributed by atoms with Gasteiger partial charge in [-0.05, 0) is 78.6 Å². The number of carbonyl (C=O) groups is 1. The average Bonchev–Trinajstić information content (AvgIpc) is 2.97. The first-order valence-electron chi connectivity index (χ1n) is 14.2. The predicted molar refractivity (Wildman–Crippen MR) is 160 cm³/mol. The van der Waals surface area contributed by atoms with Gasteiger partial charge in [-0.15, -0.1) is 0 Å². The number of benzene rings is 3. The van der Waals surface area contributed by atoms with Gasteiger partial charge in [0.1, 0.15) is 17.3 Å². The van der Waals surface area contributed by atoms with Crippen molar-refractivity contribution in [3.05, 3.63) is 108 Å².